The summed E-state index contributed by atoms with van der Waals surface area (Å²) in [6.07, 6.45) is -3.07. The number of rotatable bonds is 5. The summed E-state index contributed by atoms with van der Waals surface area (Å²) in [4.78, 5) is 4.09. The molecule has 4 nitrogen and oxygen atoms in total. The zero-order chi connectivity index (χ0) is 15.5. The minimum absolute atomic E-state index is 0.147. The van der Waals surface area contributed by atoms with Crippen LogP contribution >= 0.6 is 0 Å². The molecular formula is C14H15F3N2O2. The average Bonchev–Trinajstić information content (AvgIpc) is 2.81. The zero-order valence-corrected chi connectivity index (χ0v) is 11.6. The molecule has 0 radical (unpaired) electrons. The molecule has 0 amide bonds. The van der Waals surface area contributed by atoms with Crippen molar-refractivity contribution in [2.75, 3.05) is 0 Å². The van der Waals surface area contributed by atoms with E-state index in [1.165, 1.54) is 18.2 Å². The molecule has 1 atom stereocenters. The van der Waals surface area contributed by atoms with Crippen molar-refractivity contribution in [1.82, 2.24) is 10.3 Å². The number of alkyl halides is 3. The van der Waals surface area contributed by atoms with E-state index in [4.69, 9.17) is 4.42 Å². The van der Waals surface area contributed by atoms with Crippen LogP contribution in [0, 0.1) is 6.92 Å². The molecule has 0 aliphatic carbocycles. The number of hydrogen-bond donors (Lipinski definition) is 1. The van der Waals surface area contributed by atoms with E-state index < -0.39 is 6.36 Å². The molecule has 1 aromatic heterocycles. The fourth-order valence-electron chi connectivity index (χ4n) is 1.78. The molecule has 7 heteroatoms. The third-order valence-corrected chi connectivity index (χ3v) is 2.75. The second-order valence-corrected chi connectivity index (χ2v) is 4.61. The van der Waals surface area contributed by atoms with Gasteiger partial charge in [-0.2, -0.15) is 0 Å². The quantitative estimate of drug-likeness (QED) is 0.914. The van der Waals surface area contributed by atoms with Crippen LogP contribution in [-0.4, -0.2) is 11.3 Å². The molecule has 0 aliphatic rings. The van der Waals surface area contributed by atoms with Crippen molar-refractivity contribution in [3.05, 3.63) is 47.7 Å². The molecule has 1 aromatic carbocycles. The molecule has 0 saturated carbocycles. The van der Waals surface area contributed by atoms with E-state index in [1.807, 2.05) is 6.92 Å². The second kappa shape index (κ2) is 6.17. The smallest absolute Gasteiger partial charge is 0.444 e. The maximum atomic E-state index is 12.2. The van der Waals surface area contributed by atoms with E-state index in [-0.39, 0.29) is 11.8 Å². The van der Waals surface area contributed by atoms with E-state index in [9.17, 15) is 13.2 Å². The summed E-state index contributed by atoms with van der Waals surface area (Å²) in [5, 5.41) is 3.13. The second-order valence-electron chi connectivity index (χ2n) is 4.61. The number of benzene rings is 1. The first-order valence-corrected chi connectivity index (χ1v) is 6.34. The lowest BCUT2D eigenvalue weighted by Gasteiger charge is -2.12. The minimum Gasteiger partial charge on any atom is -0.444 e. The molecule has 2 aromatic rings. The predicted octanol–water partition coefficient (Wildman–Crippen LogP) is 3.73. The lowest BCUT2D eigenvalue weighted by molar-refractivity contribution is -0.274. The van der Waals surface area contributed by atoms with Crippen LogP contribution < -0.4 is 10.1 Å². The summed E-state index contributed by atoms with van der Waals surface area (Å²) in [6.45, 7) is 4.03. The Labute approximate surface area is 119 Å². The number of halogens is 3. The van der Waals surface area contributed by atoms with Crippen LogP contribution in [0.15, 0.2) is 34.9 Å². The molecule has 0 bridgehead atoms. The monoisotopic (exact) mass is 300 g/mol. The standard InChI is InChI=1S/C14H15F3N2O2/c1-9-7-19-13(20-9)10(2)18-8-11-4-3-5-12(6-11)21-14(15,16)17/h3-7,10,18H,8H2,1-2H3. The van der Waals surface area contributed by atoms with Crippen LogP contribution in [0.2, 0.25) is 0 Å². The van der Waals surface area contributed by atoms with Gasteiger partial charge in [0.1, 0.15) is 11.5 Å². The Balaban J connectivity index is 1.95. The lowest BCUT2D eigenvalue weighted by Crippen LogP contribution is -2.19. The fraction of sp³-hybridized carbons (Fsp3) is 0.357. The van der Waals surface area contributed by atoms with Gasteiger partial charge in [0.15, 0.2) is 0 Å². The first-order chi connectivity index (χ1) is 9.83. The predicted molar refractivity (Wildman–Crippen MR) is 69.6 cm³/mol. The number of aromatic nitrogens is 1. The fourth-order valence-corrected chi connectivity index (χ4v) is 1.78. The summed E-state index contributed by atoms with van der Waals surface area (Å²) in [6, 6.07) is 5.68. The Bertz CT molecular complexity index is 596. The molecule has 1 heterocycles. The van der Waals surface area contributed by atoms with Gasteiger partial charge in [0, 0.05) is 6.54 Å². The van der Waals surface area contributed by atoms with Gasteiger partial charge in [0.05, 0.1) is 12.2 Å². The van der Waals surface area contributed by atoms with E-state index in [2.05, 4.69) is 15.0 Å². The molecule has 21 heavy (non-hydrogen) atoms. The van der Waals surface area contributed by atoms with Gasteiger partial charge >= 0.3 is 6.36 Å². The largest absolute Gasteiger partial charge is 0.573 e. The lowest BCUT2D eigenvalue weighted by atomic mass is 10.2. The van der Waals surface area contributed by atoms with Crippen molar-refractivity contribution in [2.24, 2.45) is 0 Å². The molecule has 0 fully saturated rings. The van der Waals surface area contributed by atoms with E-state index in [0.29, 0.717) is 23.8 Å². The summed E-state index contributed by atoms with van der Waals surface area (Å²) in [5.41, 5.74) is 0.673. The number of hydrogen-bond acceptors (Lipinski definition) is 4. The van der Waals surface area contributed by atoms with E-state index in [0.717, 1.165) is 0 Å². The van der Waals surface area contributed by atoms with Gasteiger partial charge in [-0.25, -0.2) is 4.98 Å². The van der Waals surface area contributed by atoms with Crippen LogP contribution in [0.4, 0.5) is 13.2 Å². The Hall–Kier alpha value is -2.02. The van der Waals surface area contributed by atoms with Crippen molar-refractivity contribution in [3.8, 4) is 5.75 Å². The molecule has 2 rings (SSSR count). The topological polar surface area (TPSA) is 47.3 Å². The minimum atomic E-state index is -4.69. The summed E-state index contributed by atoms with van der Waals surface area (Å²) in [7, 11) is 0. The van der Waals surface area contributed by atoms with Crippen LogP contribution in [0.1, 0.15) is 30.2 Å². The SMILES string of the molecule is Cc1cnc(C(C)NCc2cccc(OC(F)(F)F)c2)o1. The normalized spacial score (nSPS) is 13.2. The molecule has 0 aliphatic heterocycles. The Morgan fingerprint density at radius 1 is 1.38 bits per heavy atom. The van der Waals surface area contributed by atoms with Gasteiger partial charge in [0.25, 0.3) is 0 Å². The highest BCUT2D eigenvalue weighted by Gasteiger charge is 2.31. The van der Waals surface area contributed by atoms with Gasteiger partial charge in [-0.1, -0.05) is 12.1 Å². The third kappa shape index (κ3) is 4.78. The number of ether oxygens (including phenoxy) is 1. The number of oxazole rings is 1. The molecule has 0 saturated heterocycles. The number of nitrogens with one attached hydrogen (secondary N) is 1. The van der Waals surface area contributed by atoms with Crippen LogP contribution in [-0.2, 0) is 6.54 Å². The van der Waals surface area contributed by atoms with Crippen LogP contribution in [0.5, 0.6) is 5.75 Å². The van der Waals surface area contributed by atoms with E-state index in [1.54, 1.807) is 19.2 Å². The van der Waals surface area contributed by atoms with Gasteiger partial charge in [-0.05, 0) is 31.5 Å². The van der Waals surface area contributed by atoms with Crippen LogP contribution in [0.25, 0.3) is 0 Å². The maximum Gasteiger partial charge on any atom is 0.573 e. The van der Waals surface area contributed by atoms with E-state index >= 15 is 0 Å². The Morgan fingerprint density at radius 3 is 2.76 bits per heavy atom. The van der Waals surface area contributed by atoms with Crippen molar-refractivity contribution in [1.29, 1.82) is 0 Å². The highest BCUT2D eigenvalue weighted by atomic mass is 19.4. The Kier molecular flexibility index (Phi) is 4.52. The maximum absolute atomic E-state index is 12.2. The average molecular weight is 300 g/mol. The first-order valence-electron chi connectivity index (χ1n) is 6.34. The van der Waals surface area contributed by atoms with Crippen molar-refractivity contribution in [3.63, 3.8) is 0 Å². The summed E-state index contributed by atoms with van der Waals surface area (Å²) < 4.78 is 45.7. The summed E-state index contributed by atoms with van der Waals surface area (Å²) >= 11 is 0. The first kappa shape index (κ1) is 15.4. The third-order valence-electron chi connectivity index (χ3n) is 2.75. The molecular weight excluding hydrogens is 285 g/mol. The highest BCUT2D eigenvalue weighted by molar-refractivity contribution is 5.28. The zero-order valence-electron chi connectivity index (χ0n) is 11.6. The van der Waals surface area contributed by atoms with Gasteiger partial charge in [0.2, 0.25) is 5.89 Å². The van der Waals surface area contributed by atoms with Gasteiger partial charge < -0.3 is 14.5 Å². The highest BCUT2D eigenvalue weighted by Crippen LogP contribution is 2.23. The number of aryl methyl sites for hydroxylation is 1. The van der Waals surface area contributed by atoms with Crippen LogP contribution in [0.3, 0.4) is 0 Å². The van der Waals surface area contributed by atoms with Crippen molar-refractivity contribution >= 4 is 0 Å². The van der Waals surface area contributed by atoms with Crippen molar-refractivity contribution in [2.45, 2.75) is 32.8 Å². The molecule has 114 valence electrons. The summed E-state index contributed by atoms with van der Waals surface area (Å²) in [5.74, 6) is 1.01. The molecule has 1 unspecified atom stereocenters. The van der Waals surface area contributed by atoms with Crippen molar-refractivity contribution < 1.29 is 22.3 Å². The Morgan fingerprint density at radius 2 is 2.14 bits per heavy atom. The molecule has 1 N–H and O–H groups in total. The van der Waals surface area contributed by atoms with Gasteiger partial charge in [-0.3, -0.25) is 0 Å². The molecule has 0 spiro atoms. The number of nitrogens with zero attached hydrogens (tertiary/aromatic N) is 1. The van der Waals surface area contributed by atoms with Gasteiger partial charge in [-0.15, -0.1) is 13.2 Å².